The first-order valence-corrected chi connectivity index (χ1v) is 14.3. The average molecular weight is 481 g/mol. The van der Waals surface area contributed by atoms with Gasteiger partial charge in [0.1, 0.15) is 5.75 Å². The minimum Gasteiger partial charge on any atom is -0.496 e. The third kappa shape index (κ3) is 5.57. The lowest BCUT2D eigenvalue weighted by atomic mass is 10.0. The number of aromatic nitrogens is 3. The van der Waals surface area contributed by atoms with Crippen molar-refractivity contribution in [3.63, 3.8) is 0 Å². The molecule has 11 heteroatoms. The van der Waals surface area contributed by atoms with Crippen molar-refractivity contribution in [2.45, 2.75) is 26.6 Å². The van der Waals surface area contributed by atoms with Crippen LogP contribution < -0.4 is 14.8 Å². The van der Waals surface area contributed by atoms with Crippen LogP contribution in [0.4, 0.5) is 9.52 Å². The summed E-state index contributed by atoms with van der Waals surface area (Å²) in [6.07, 6.45) is 0.593. The quantitative estimate of drug-likeness (QED) is 0.466. The fourth-order valence-electron chi connectivity index (χ4n) is 2.62. The summed E-state index contributed by atoms with van der Waals surface area (Å²) in [6, 6.07) is 6.14. The van der Waals surface area contributed by atoms with Crippen molar-refractivity contribution in [1.82, 2.24) is 15.2 Å². The van der Waals surface area contributed by atoms with Crippen molar-refractivity contribution < 1.29 is 18.7 Å². The number of nitrogens with one attached hydrogen (secondary N) is 1. The van der Waals surface area contributed by atoms with E-state index < -0.39 is 19.8 Å². The summed E-state index contributed by atoms with van der Waals surface area (Å²) in [4.78, 5) is 17.4. The van der Waals surface area contributed by atoms with Gasteiger partial charge in [-0.25, -0.2) is 4.39 Å². The molecule has 0 saturated heterocycles. The minimum atomic E-state index is -1.42. The predicted octanol–water partition coefficient (Wildman–Crippen LogP) is 5.22. The molecule has 0 bridgehead atoms. The van der Waals surface area contributed by atoms with E-state index in [9.17, 15) is 9.18 Å². The van der Waals surface area contributed by atoms with Crippen molar-refractivity contribution >= 4 is 42.1 Å². The fourth-order valence-corrected chi connectivity index (χ4v) is 4.04. The van der Waals surface area contributed by atoms with Crippen molar-refractivity contribution in [1.29, 1.82) is 0 Å². The van der Waals surface area contributed by atoms with Gasteiger partial charge in [-0.05, 0) is 42.5 Å². The van der Waals surface area contributed by atoms with Crippen LogP contribution in [0.15, 0.2) is 24.3 Å². The molecule has 0 saturated carbocycles. The Kier molecular flexibility index (Phi) is 6.92. The Morgan fingerprint density at radius 3 is 2.65 bits per heavy atom. The van der Waals surface area contributed by atoms with E-state index in [-0.39, 0.29) is 32.7 Å². The predicted molar refractivity (Wildman–Crippen MR) is 123 cm³/mol. The van der Waals surface area contributed by atoms with Crippen LogP contribution in [0, 0.1) is 12.7 Å². The number of carbonyl (C=O) groups is 1. The number of benzene rings is 1. The summed E-state index contributed by atoms with van der Waals surface area (Å²) >= 11 is 7.09. The SMILES string of the molecule is COc1ccc(Cl)c(F)c1-c1nc(C)ccc1C(=O)Nc1nnc(OC[Si](C)(C)C)s1. The highest BCUT2D eigenvalue weighted by molar-refractivity contribution is 7.17. The number of nitrogens with zero attached hydrogens (tertiary/aromatic N) is 3. The average Bonchev–Trinajstić information content (AvgIpc) is 3.15. The highest BCUT2D eigenvalue weighted by atomic mass is 35.5. The second kappa shape index (κ2) is 9.29. The molecule has 3 aromatic rings. The molecule has 0 spiro atoms. The second-order valence-electron chi connectivity index (χ2n) is 7.96. The van der Waals surface area contributed by atoms with E-state index >= 15 is 0 Å². The monoisotopic (exact) mass is 480 g/mol. The van der Waals surface area contributed by atoms with Gasteiger partial charge >= 0.3 is 0 Å². The Morgan fingerprint density at radius 2 is 1.97 bits per heavy atom. The first kappa shape index (κ1) is 23.1. The number of aryl methyl sites for hydroxylation is 1. The zero-order valence-corrected chi connectivity index (χ0v) is 20.3. The van der Waals surface area contributed by atoms with Gasteiger partial charge in [0.25, 0.3) is 11.1 Å². The number of hydrogen-bond donors (Lipinski definition) is 1. The third-order valence-corrected chi connectivity index (χ3v) is 6.10. The molecule has 1 N–H and O–H groups in total. The minimum absolute atomic E-state index is 0.0141. The molecule has 1 aromatic carbocycles. The molecule has 31 heavy (non-hydrogen) atoms. The summed E-state index contributed by atoms with van der Waals surface area (Å²) in [5.74, 6) is -1.02. The van der Waals surface area contributed by atoms with E-state index in [2.05, 4.69) is 40.1 Å². The van der Waals surface area contributed by atoms with Crippen LogP contribution in [0.2, 0.25) is 24.7 Å². The standard InChI is InChI=1S/C20H22ClFN4O3SSi/c1-11-6-7-12(17(23-11)15-14(28-2)9-8-13(21)16(15)22)18(27)24-19-25-26-20(30-19)29-10-31(3,4)5/h6-9H,10H2,1-5H3,(H,24,25,27). The third-order valence-electron chi connectivity index (χ3n) is 4.05. The molecule has 2 aromatic heterocycles. The van der Waals surface area contributed by atoms with E-state index in [4.69, 9.17) is 21.1 Å². The molecule has 7 nitrogen and oxygen atoms in total. The number of hydrogen-bond acceptors (Lipinski definition) is 7. The molecular weight excluding hydrogens is 459 g/mol. The zero-order valence-electron chi connectivity index (χ0n) is 17.7. The van der Waals surface area contributed by atoms with Crippen LogP contribution in [0.25, 0.3) is 11.3 Å². The fraction of sp³-hybridized carbons (Fsp3) is 0.300. The summed E-state index contributed by atoms with van der Waals surface area (Å²) in [5.41, 5.74) is 0.880. The van der Waals surface area contributed by atoms with Gasteiger partial charge < -0.3 is 9.47 Å². The Morgan fingerprint density at radius 1 is 1.23 bits per heavy atom. The maximum atomic E-state index is 14.9. The zero-order chi connectivity index (χ0) is 22.8. The summed E-state index contributed by atoms with van der Waals surface area (Å²) < 4.78 is 25.9. The van der Waals surface area contributed by atoms with Crippen LogP contribution in [0.1, 0.15) is 16.1 Å². The number of halogens is 2. The van der Waals surface area contributed by atoms with Gasteiger partial charge in [0.15, 0.2) is 5.82 Å². The first-order chi connectivity index (χ1) is 14.6. The Hall–Kier alpha value is -2.56. The number of methoxy groups -OCH3 is 1. The molecule has 0 unspecified atom stereocenters. The maximum absolute atomic E-state index is 14.9. The van der Waals surface area contributed by atoms with Crippen LogP contribution in [-0.4, -0.2) is 42.5 Å². The van der Waals surface area contributed by atoms with Crippen molar-refractivity contribution in [3.8, 4) is 22.2 Å². The van der Waals surface area contributed by atoms with E-state index in [0.29, 0.717) is 17.1 Å². The molecule has 0 aliphatic heterocycles. The largest absolute Gasteiger partial charge is 0.496 e. The number of amides is 1. The van der Waals surface area contributed by atoms with Crippen molar-refractivity contribution in [2.75, 3.05) is 18.7 Å². The van der Waals surface area contributed by atoms with Crippen molar-refractivity contribution in [3.05, 3.63) is 46.4 Å². The van der Waals surface area contributed by atoms with Gasteiger partial charge in [-0.2, -0.15) is 0 Å². The van der Waals surface area contributed by atoms with Gasteiger partial charge in [0, 0.05) is 5.69 Å². The molecule has 0 atom stereocenters. The molecule has 164 valence electrons. The molecule has 0 radical (unpaired) electrons. The normalized spacial score (nSPS) is 11.3. The lowest BCUT2D eigenvalue weighted by molar-refractivity contribution is 0.102. The molecule has 3 rings (SSSR count). The Labute approximate surface area is 189 Å². The first-order valence-electron chi connectivity index (χ1n) is 9.36. The number of rotatable bonds is 7. The molecule has 2 heterocycles. The van der Waals surface area contributed by atoms with E-state index in [1.54, 1.807) is 19.1 Å². The van der Waals surface area contributed by atoms with Crippen LogP contribution >= 0.6 is 22.9 Å². The molecule has 0 fully saturated rings. The number of carbonyl (C=O) groups excluding carboxylic acids is 1. The highest BCUT2D eigenvalue weighted by Gasteiger charge is 2.24. The lowest BCUT2D eigenvalue weighted by Gasteiger charge is -2.14. The Balaban J connectivity index is 1.93. The number of ether oxygens (including phenoxy) is 2. The van der Waals surface area contributed by atoms with Gasteiger partial charge in [0.05, 0.1) is 43.3 Å². The van der Waals surface area contributed by atoms with Gasteiger partial charge in [0.2, 0.25) is 5.13 Å². The molecule has 1 amide bonds. The van der Waals surface area contributed by atoms with Gasteiger partial charge in [-0.3, -0.25) is 15.1 Å². The number of anilines is 1. The van der Waals surface area contributed by atoms with Gasteiger partial charge in [-0.15, -0.1) is 5.10 Å². The van der Waals surface area contributed by atoms with Crippen LogP contribution in [0.5, 0.6) is 10.9 Å². The highest BCUT2D eigenvalue weighted by Crippen LogP contribution is 2.37. The Bertz CT molecular complexity index is 1120. The van der Waals surface area contributed by atoms with Crippen LogP contribution in [-0.2, 0) is 0 Å². The van der Waals surface area contributed by atoms with E-state index in [1.807, 2.05) is 0 Å². The topological polar surface area (TPSA) is 86.2 Å². The smallest absolute Gasteiger partial charge is 0.295 e. The molecular formula is C20H22ClFN4O3SSi. The van der Waals surface area contributed by atoms with Gasteiger partial charge in [-0.1, -0.05) is 36.3 Å². The maximum Gasteiger partial charge on any atom is 0.295 e. The molecule has 0 aliphatic carbocycles. The van der Waals surface area contributed by atoms with E-state index in [0.717, 1.165) is 11.3 Å². The lowest BCUT2D eigenvalue weighted by Crippen LogP contribution is -2.29. The van der Waals surface area contributed by atoms with Crippen LogP contribution in [0.3, 0.4) is 0 Å². The van der Waals surface area contributed by atoms with Crippen molar-refractivity contribution in [2.24, 2.45) is 0 Å². The summed E-state index contributed by atoms with van der Waals surface area (Å²) in [5, 5.41) is 11.1. The number of pyridine rings is 1. The summed E-state index contributed by atoms with van der Waals surface area (Å²) in [7, 11) is -0.0143. The van der Waals surface area contributed by atoms with E-state index in [1.165, 1.54) is 19.2 Å². The second-order valence-corrected chi connectivity index (χ2v) is 14.7. The summed E-state index contributed by atoms with van der Waals surface area (Å²) in [6.45, 7) is 8.26. The molecule has 0 aliphatic rings.